The summed E-state index contributed by atoms with van der Waals surface area (Å²) in [6.45, 7) is 1.47. The molecule has 0 aliphatic carbocycles. The molecule has 0 aliphatic heterocycles. The molecule has 2 aromatic rings. The maximum atomic E-state index is 11.5. The van der Waals surface area contributed by atoms with Gasteiger partial charge < -0.3 is 15.2 Å². The number of carboxylic acid groups (broad SMARTS) is 1. The molecule has 0 aliphatic rings. The number of thiazole rings is 1. The zero-order valence-electron chi connectivity index (χ0n) is 12.6. The van der Waals surface area contributed by atoms with Crippen LogP contribution in [0.15, 0.2) is 30.5 Å². The molecule has 1 aromatic carbocycles. The van der Waals surface area contributed by atoms with Crippen LogP contribution in [0, 0.1) is 0 Å². The van der Waals surface area contributed by atoms with Gasteiger partial charge in [0.1, 0.15) is 15.6 Å². The number of hydrogen-bond acceptors (Lipinski definition) is 5. The fraction of sp³-hybridized carbons (Fsp3) is 0.188. The molecule has 0 radical (unpaired) electrons. The predicted octanol–water partition coefficient (Wildman–Crippen LogP) is 2.53. The first-order valence-corrected chi connectivity index (χ1v) is 7.66. The van der Waals surface area contributed by atoms with E-state index in [1.165, 1.54) is 24.5 Å². The van der Waals surface area contributed by atoms with Crippen LogP contribution in [-0.2, 0) is 4.79 Å². The Kier molecular flexibility index (Phi) is 5.48. The SMILES string of the molecule is CNC(=O)c1cnc(/C=C/c2cccc(O[C@H](C)C(=O)O)c2)s1. The number of hydrogen-bond donors (Lipinski definition) is 2. The molecule has 0 spiro atoms. The van der Waals surface area contributed by atoms with Crippen molar-refractivity contribution < 1.29 is 19.4 Å². The molecule has 1 amide bonds. The lowest BCUT2D eigenvalue weighted by Gasteiger charge is -2.10. The Morgan fingerprint density at radius 1 is 1.39 bits per heavy atom. The summed E-state index contributed by atoms with van der Waals surface area (Å²) in [5.74, 6) is -0.706. The monoisotopic (exact) mass is 332 g/mol. The summed E-state index contributed by atoms with van der Waals surface area (Å²) < 4.78 is 5.32. The minimum atomic E-state index is -1.02. The van der Waals surface area contributed by atoms with Crippen LogP contribution in [0.25, 0.3) is 12.2 Å². The molecule has 2 rings (SSSR count). The maximum absolute atomic E-state index is 11.5. The van der Waals surface area contributed by atoms with Gasteiger partial charge in [-0.15, -0.1) is 11.3 Å². The zero-order chi connectivity index (χ0) is 16.8. The molecule has 0 unspecified atom stereocenters. The molecule has 6 nitrogen and oxygen atoms in total. The third-order valence-electron chi connectivity index (χ3n) is 2.91. The van der Waals surface area contributed by atoms with Gasteiger partial charge in [0.15, 0.2) is 6.10 Å². The molecular weight excluding hydrogens is 316 g/mol. The van der Waals surface area contributed by atoms with Crippen LogP contribution in [0.2, 0.25) is 0 Å². The lowest BCUT2D eigenvalue weighted by Crippen LogP contribution is -2.22. The third kappa shape index (κ3) is 4.65. The van der Waals surface area contributed by atoms with E-state index in [9.17, 15) is 9.59 Å². The maximum Gasteiger partial charge on any atom is 0.344 e. The van der Waals surface area contributed by atoms with Crippen molar-refractivity contribution in [3.63, 3.8) is 0 Å². The van der Waals surface area contributed by atoms with Gasteiger partial charge in [-0.1, -0.05) is 18.2 Å². The molecular formula is C16H16N2O4S. The molecule has 0 saturated heterocycles. The second-order valence-corrected chi connectivity index (χ2v) is 5.71. The second-order valence-electron chi connectivity index (χ2n) is 4.65. The van der Waals surface area contributed by atoms with Crippen LogP contribution in [0.3, 0.4) is 0 Å². The average molecular weight is 332 g/mol. The number of benzene rings is 1. The Hall–Kier alpha value is -2.67. The van der Waals surface area contributed by atoms with Crippen LogP contribution in [0.5, 0.6) is 5.75 Å². The first kappa shape index (κ1) is 16.7. The number of nitrogens with one attached hydrogen (secondary N) is 1. The van der Waals surface area contributed by atoms with E-state index in [1.54, 1.807) is 31.3 Å². The van der Waals surface area contributed by atoms with Crippen molar-refractivity contribution in [3.05, 3.63) is 45.9 Å². The second kappa shape index (κ2) is 7.55. The molecule has 0 bridgehead atoms. The molecule has 7 heteroatoms. The fourth-order valence-electron chi connectivity index (χ4n) is 1.71. The van der Waals surface area contributed by atoms with E-state index in [0.717, 1.165) is 5.56 Å². The zero-order valence-corrected chi connectivity index (χ0v) is 13.5. The summed E-state index contributed by atoms with van der Waals surface area (Å²) in [5, 5.41) is 12.1. The van der Waals surface area contributed by atoms with E-state index in [2.05, 4.69) is 10.3 Å². The van der Waals surface area contributed by atoms with Gasteiger partial charge in [-0.05, 0) is 30.7 Å². The lowest BCUT2D eigenvalue weighted by molar-refractivity contribution is -0.144. The fourth-order valence-corrected chi connectivity index (χ4v) is 2.47. The molecule has 23 heavy (non-hydrogen) atoms. The topological polar surface area (TPSA) is 88.5 Å². The Labute approximate surface area is 137 Å². The molecule has 0 saturated carbocycles. The molecule has 0 fully saturated rings. The standard InChI is InChI=1S/C16H16N2O4S/c1-10(16(20)21)22-12-5-3-4-11(8-12)6-7-14-18-9-13(23-14)15(19)17-2/h3-10H,1-2H3,(H,17,19)(H,20,21)/b7-6+/t10-/m1/s1. The predicted molar refractivity (Wildman–Crippen MR) is 88.6 cm³/mol. The van der Waals surface area contributed by atoms with Gasteiger partial charge in [-0.3, -0.25) is 4.79 Å². The van der Waals surface area contributed by atoms with Crippen molar-refractivity contribution in [2.24, 2.45) is 0 Å². The minimum absolute atomic E-state index is 0.166. The first-order chi connectivity index (χ1) is 11.0. The van der Waals surface area contributed by atoms with Gasteiger partial charge in [0.25, 0.3) is 5.91 Å². The van der Waals surface area contributed by atoms with Crippen molar-refractivity contribution in [2.75, 3.05) is 7.05 Å². The Morgan fingerprint density at radius 3 is 2.87 bits per heavy atom. The quantitative estimate of drug-likeness (QED) is 0.848. The van der Waals surface area contributed by atoms with E-state index < -0.39 is 12.1 Å². The number of aromatic nitrogens is 1. The van der Waals surface area contributed by atoms with Gasteiger partial charge in [0.05, 0.1) is 6.20 Å². The van der Waals surface area contributed by atoms with Gasteiger partial charge in [0.2, 0.25) is 0 Å². The highest BCUT2D eigenvalue weighted by atomic mass is 32.1. The van der Waals surface area contributed by atoms with Crippen molar-refractivity contribution in [1.82, 2.24) is 10.3 Å². The van der Waals surface area contributed by atoms with Crippen molar-refractivity contribution in [1.29, 1.82) is 0 Å². The number of carboxylic acids is 1. The molecule has 120 valence electrons. The van der Waals surface area contributed by atoms with Gasteiger partial charge >= 0.3 is 5.97 Å². The lowest BCUT2D eigenvalue weighted by atomic mass is 10.2. The summed E-state index contributed by atoms with van der Waals surface area (Å²) in [6, 6.07) is 7.08. The van der Waals surface area contributed by atoms with Crippen molar-refractivity contribution in [2.45, 2.75) is 13.0 Å². The van der Waals surface area contributed by atoms with E-state index in [1.807, 2.05) is 12.1 Å². The van der Waals surface area contributed by atoms with Gasteiger partial charge in [-0.25, -0.2) is 9.78 Å². The number of ether oxygens (including phenoxy) is 1. The average Bonchev–Trinajstić information content (AvgIpc) is 3.01. The normalized spacial score (nSPS) is 12.1. The van der Waals surface area contributed by atoms with Crippen LogP contribution in [0.4, 0.5) is 0 Å². The molecule has 1 atom stereocenters. The van der Waals surface area contributed by atoms with E-state index >= 15 is 0 Å². The first-order valence-electron chi connectivity index (χ1n) is 6.85. The number of carbonyl (C=O) groups excluding carboxylic acids is 1. The van der Waals surface area contributed by atoms with E-state index in [0.29, 0.717) is 15.6 Å². The van der Waals surface area contributed by atoms with Crippen LogP contribution in [-0.4, -0.2) is 35.1 Å². The summed E-state index contributed by atoms with van der Waals surface area (Å²) in [5.41, 5.74) is 0.844. The summed E-state index contributed by atoms with van der Waals surface area (Å²) in [4.78, 5) is 27.0. The highest BCUT2D eigenvalue weighted by molar-refractivity contribution is 7.14. The number of amides is 1. The van der Waals surface area contributed by atoms with Crippen molar-refractivity contribution >= 4 is 35.4 Å². The van der Waals surface area contributed by atoms with Gasteiger partial charge in [0, 0.05) is 7.05 Å². The van der Waals surface area contributed by atoms with Crippen LogP contribution in [0.1, 0.15) is 27.2 Å². The number of carbonyl (C=O) groups is 2. The summed E-state index contributed by atoms with van der Waals surface area (Å²) in [6.07, 6.45) is 4.22. The summed E-state index contributed by atoms with van der Waals surface area (Å²) in [7, 11) is 1.57. The van der Waals surface area contributed by atoms with Gasteiger partial charge in [-0.2, -0.15) is 0 Å². The Bertz CT molecular complexity index is 739. The number of nitrogens with zero attached hydrogens (tertiary/aromatic N) is 1. The third-order valence-corrected chi connectivity index (χ3v) is 3.87. The van der Waals surface area contributed by atoms with Crippen molar-refractivity contribution in [3.8, 4) is 5.75 Å². The number of rotatable bonds is 6. The van der Waals surface area contributed by atoms with E-state index in [-0.39, 0.29) is 5.91 Å². The molecule has 1 aromatic heterocycles. The highest BCUT2D eigenvalue weighted by Gasteiger charge is 2.12. The Morgan fingerprint density at radius 2 is 2.17 bits per heavy atom. The molecule has 2 N–H and O–H groups in total. The highest BCUT2D eigenvalue weighted by Crippen LogP contribution is 2.19. The smallest absolute Gasteiger partial charge is 0.344 e. The van der Waals surface area contributed by atoms with Crippen LogP contribution >= 0.6 is 11.3 Å². The molecule has 1 heterocycles. The minimum Gasteiger partial charge on any atom is -0.479 e. The van der Waals surface area contributed by atoms with Crippen LogP contribution < -0.4 is 10.1 Å². The summed E-state index contributed by atoms with van der Waals surface area (Å²) >= 11 is 1.28. The Balaban J connectivity index is 2.09. The van der Waals surface area contributed by atoms with E-state index in [4.69, 9.17) is 9.84 Å². The number of aliphatic carboxylic acids is 1. The largest absolute Gasteiger partial charge is 0.479 e.